The van der Waals surface area contributed by atoms with Crippen molar-refractivity contribution >= 4 is 43.6 Å². The number of thioether (sulfide) groups is 1. The van der Waals surface area contributed by atoms with Crippen LogP contribution in [0.3, 0.4) is 0 Å². The lowest BCUT2D eigenvalue weighted by molar-refractivity contribution is 0.295. The highest BCUT2D eigenvalue weighted by Gasteiger charge is 2.23. The average molecular weight is 367 g/mol. The summed E-state index contributed by atoms with van der Waals surface area (Å²) < 4.78 is 1.03. The van der Waals surface area contributed by atoms with E-state index in [1.165, 1.54) is 0 Å². The smallest absolute Gasteiger partial charge is 0.0960 e. The zero-order chi connectivity index (χ0) is 12.2. The SMILES string of the molecule is CC(C)(C)C(CBr)CSc1ccc(Br)cn1. The molecule has 0 saturated heterocycles. The number of alkyl halides is 1. The van der Waals surface area contributed by atoms with Gasteiger partial charge in [-0.25, -0.2) is 4.98 Å². The summed E-state index contributed by atoms with van der Waals surface area (Å²) in [7, 11) is 0. The molecule has 1 heterocycles. The summed E-state index contributed by atoms with van der Waals surface area (Å²) in [6.07, 6.45) is 1.85. The fraction of sp³-hybridized carbons (Fsp3) is 0.583. The third-order valence-corrected chi connectivity index (χ3v) is 4.90. The maximum Gasteiger partial charge on any atom is 0.0960 e. The zero-order valence-electron chi connectivity index (χ0n) is 9.84. The molecule has 4 heteroatoms. The molecule has 0 bridgehead atoms. The topological polar surface area (TPSA) is 12.9 Å². The minimum Gasteiger partial charge on any atom is -0.249 e. The van der Waals surface area contributed by atoms with Crippen LogP contribution in [0.5, 0.6) is 0 Å². The van der Waals surface area contributed by atoms with Crippen LogP contribution in [0, 0.1) is 11.3 Å². The molecule has 0 aromatic carbocycles. The fourth-order valence-electron chi connectivity index (χ4n) is 1.16. The Kier molecular flexibility index (Phi) is 5.82. The lowest BCUT2D eigenvalue weighted by atomic mass is 9.83. The number of hydrogen-bond donors (Lipinski definition) is 0. The lowest BCUT2D eigenvalue weighted by Crippen LogP contribution is -2.24. The van der Waals surface area contributed by atoms with Gasteiger partial charge < -0.3 is 0 Å². The second kappa shape index (κ2) is 6.41. The number of pyridine rings is 1. The zero-order valence-corrected chi connectivity index (χ0v) is 13.8. The second-order valence-electron chi connectivity index (χ2n) is 4.84. The Bertz CT molecular complexity index is 319. The van der Waals surface area contributed by atoms with E-state index in [-0.39, 0.29) is 0 Å². The normalized spacial score (nSPS) is 13.8. The molecule has 0 spiro atoms. The van der Waals surface area contributed by atoms with Crippen molar-refractivity contribution in [3.63, 3.8) is 0 Å². The van der Waals surface area contributed by atoms with Gasteiger partial charge in [-0.1, -0.05) is 36.7 Å². The first-order valence-electron chi connectivity index (χ1n) is 5.24. The van der Waals surface area contributed by atoms with Crippen LogP contribution < -0.4 is 0 Å². The van der Waals surface area contributed by atoms with E-state index < -0.39 is 0 Å². The summed E-state index contributed by atoms with van der Waals surface area (Å²) in [5.41, 5.74) is 0.339. The molecule has 0 aliphatic carbocycles. The average Bonchev–Trinajstić information content (AvgIpc) is 2.19. The van der Waals surface area contributed by atoms with Crippen molar-refractivity contribution < 1.29 is 0 Å². The molecule has 1 atom stereocenters. The highest BCUT2D eigenvalue weighted by atomic mass is 79.9. The first-order valence-corrected chi connectivity index (χ1v) is 8.14. The van der Waals surface area contributed by atoms with E-state index in [9.17, 15) is 0 Å². The van der Waals surface area contributed by atoms with E-state index in [1.54, 1.807) is 0 Å². The van der Waals surface area contributed by atoms with Crippen LogP contribution >= 0.6 is 43.6 Å². The number of hydrogen-bond acceptors (Lipinski definition) is 2. The fourth-order valence-corrected chi connectivity index (χ4v) is 4.18. The Morgan fingerprint density at radius 2 is 2.06 bits per heavy atom. The predicted molar refractivity (Wildman–Crippen MR) is 79.4 cm³/mol. The molecule has 1 nitrogen and oxygen atoms in total. The monoisotopic (exact) mass is 365 g/mol. The summed E-state index contributed by atoms with van der Waals surface area (Å²) in [5, 5.41) is 2.14. The van der Waals surface area contributed by atoms with Crippen molar-refractivity contribution in [2.24, 2.45) is 11.3 Å². The largest absolute Gasteiger partial charge is 0.249 e. The van der Waals surface area contributed by atoms with Gasteiger partial charge in [-0.2, -0.15) is 0 Å². The van der Waals surface area contributed by atoms with Gasteiger partial charge in [0.05, 0.1) is 5.03 Å². The molecule has 0 radical (unpaired) electrons. The van der Waals surface area contributed by atoms with Gasteiger partial charge in [0.25, 0.3) is 0 Å². The standard InChI is InChI=1S/C12H17Br2NS/c1-12(2,3)9(6-13)8-16-11-5-4-10(14)7-15-11/h4-5,7,9H,6,8H2,1-3H3. The molecule has 0 aliphatic rings. The molecule has 0 saturated carbocycles. The number of halogens is 2. The van der Waals surface area contributed by atoms with Crippen molar-refractivity contribution in [1.82, 2.24) is 4.98 Å². The summed E-state index contributed by atoms with van der Waals surface area (Å²) in [5.74, 6) is 1.76. The highest BCUT2D eigenvalue weighted by molar-refractivity contribution is 9.10. The van der Waals surface area contributed by atoms with Crippen LogP contribution in [0.2, 0.25) is 0 Å². The van der Waals surface area contributed by atoms with Gasteiger partial charge in [0.2, 0.25) is 0 Å². The van der Waals surface area contributed by atoms with Gasteiger partial charge in [-0.15, -0.1) is 11.8 Å². The van der Waals surface area contributed by atoms with Gasteiger partial charge in [-0.3, -0.25) is 0 Å². The van der Waals surface area contributed by atoms with Gasteiger partial charge in [0.1, 0.15) is 0 Å². The summed E-state index contributed by atoms with van der Waals surface area (Å²) in [6.45, 7) is 6.86. The quantitative estimate of drug-likeness (QED) is 0.549. The highest BCUT2D eigenvalue weighted by Crippen LogP contribution is 2.32. The molecule has 0 N–H and O–H groups in total. The Balaban J connectivity index is 2.53. The molecule has 1 rings (SSSR count). The maximum atomic E-state index is 4.37. The van der Waals surface area contributed by atoms with Crippen LogP contribution in [0.15, 0.2) is 27.8 Å². The third-order valence-electron chi connectivity index (χ3n) is 2.54. The Hall–Kier alpha value is 0.460. The van der Waals surface area contributed by atoms with Crippen molar-refractivity contribution in [1.29, 1.82) is 0 Å². The first kappa shape index (κ1) is 14.5. The molecule has 90 valence electrons. The summed E-state index contributed by atoms with van der Waals surface area (Å²) in [4.78, 5) is 4.37. The molecule has 0 amide bonds. The lowest BCUT2D eigenvalue weighted by Gasteiger charge is -2.28. The van der Waals surface area contributed by atoms with Crippen molar-refractivity contribution in [2.75, 3.05) is 11.1 Å². The molecular formula is C12H17Br2NS. The predicted octanol–water partition coefficient (Wildman–Crippen LogP) is 4.99. The van der Waals surface area contributed by atoms with E-state index in [0.717, 1.165) is 20.6 Å². The minimum absolute atomic E-state index is 0.339. The van der Waals surface area contributed by atoms with E-state index in [2.05, 4.69) is 63.7 Å². The van der Waals surface area contributed by atoms with E-state index in [0.29, 0.717) is 11.3 Å². The number of aromatic nitrogens is 1. The Morgan fingerprint density at radius 3 is 2.50 bits per heavy atom. The third kappa shape index (κ3) is 4.76. The molecule has 0 fully saturated rings. The summed E-state index contributed by atoms with van der Waals surface area (Å²) in [6, 6.07) is 4.10. The minimum atomic E-state index is 0.339. The Labute approximate surface area is 119 Å². The van der Waals surface area contributed by atoms with Crippen LogP contribution in [0.1, 0.15) is 20.8 Å². The van der Waals surface area contributed by atoms with E-state index in [4.69, 9.17) is 0 Å². The first-order chi connectivity index (χ1) is 7.43. The van der Waals surface area contributed by atoms with Crippen LogP contribution in [-0.2, 0) is 0 Å². The maximum absolute atomic E-state index is 4.37. The molecular weight excluding hydrogens is 350 g/mol. The number of nitrogens with zero attached hydrogens (tertiary/aromatic N) is 1. The van der Waals surface area contributed by atoms with E-state index in [1.807, 2.05) is 24.0 Å². The molecule has 0 aliphatic heterocycles. The van der Waals surface area contributed by atoms with Gasteiger partial charge in [-0.05, 0) is 39.4 Å². The van der Waals surface area contributed by atoms with Gasteiger partial charge in [0, 0.05) is 21.8 Å². The molecule has 16 heavy (non-hydrogen) atoms. The Morgan fingerprint density at radius 1 is 1.38 bits per heavy atom. The van der Waals surface area contributed by atoms with Gasteiger partial charge >= 0.3 is 0 Å². The van der Waals surface area contributed by atoms with Gasteiger partial charge in [0.15, 0.2) is 0 Å². The second-order valence-corrected chi connectivity index (χ2v) is 7.45. The molecule has 1 aromatic heterocycles. The summed E-state index contributed by atoms with van der Waals surface area (Å²) >= 11 is 8.81. The van der Waals surface area contributed by atoms with Crippen molar-refractivity contribution in [3.05, 3.63) is 22.8 Å². The van der Waals surface area contributed by atoms with Crippen molar-refractivity contribution in [3.8, 4) is 0 Å². The number of rotatable bonds is 4. The molecule has 1 unspecified atom stereocenters. The molecule has 1 aromatic rings. The van der Waals surface area contributed by atoms with Crippen LogP contribution in [0.25, 0.3) is 0 Å². The van der Waals surface area contributed by atoms with Crippen LogP contribution in [-0.4, -0.2) is 16.1 Å². The van der Waals surface area contributed by atoms with E-state index >= 15 is 0 Å². The van der Waals surface area contributed by atoms with Crippen LogP contribution in [0.4, 0.5) is 0 Å². The van der Waals surface area contributed by atoms with Crippen molar-refractivity contribution in [2.45, 2.75) is 25.8 Å².